The molecule has 0 spiro atoms. The van der Waals surface area contributed by atoms with Crippen molar-refractivity contribution in [3.8, 4) is 22.9 Å². The van der Waals surface area contributed by atoms with Gasteiger partial charge in [0, 0.05) is 30.7 Å². The van der Waals surface area contributed by atoms with Crippen LogP contribution in [0, 0.1) is 0 Å². The number of rotatable bonds is 5. The van der Waals surface area contributed by atoms with Gasteiger partial charge in [0.25, 0.3) is 0 Å². The predicted molar refractivity (Wildman–Crippen MR) is 120 cm³/mol. The highest BCUT2D eigenvalue weighted by atomic mass is 19.3. The first-order valence-corrected chi connectivity index (χ1v) is 10.9. The Labute approximate surface area is 192 Å². The number of H-pyrrole nitrogens is 1. The molecule has 0 radical (unpaired) electrons. The van der Waals surface area contributed by atoms with Crippen LogP contribution in [0.2, 0.25) is 0 Å². The van der Waals surface area contributed by atoms with Gasteiger partial charge in [-0.15, -0.1) is 0 Å². The van der Waals surface area contributed by atoms with Crippen LogP contribution < -0.4 is 20.5 Å². The Hall–Kier alpha value is -3.80. The molecule has 3 heterocycles. The van der Waals surface area contributed by atoms with Crippen molar-refractivity contribution in [2.75, 3.05) is 0 Å². The van der Waals surface area contributed by atoms with Crippen molar-refractivity contribution in [3.63, 3.8) is 0 Å². The number of aromatic nitrogens is 5. The summed E-state index contributed by atoms with van der Waals surface area (Å²) in [6.07, 6.45) is 5.76. The highest BCUT2D eigenvalue weighted by Crippen LogP contribution is 2.32. The molecular formula is C22H23F2N7O3. The molecule has 0 saturated heterocycles. The third-order valence-electron chi connectivity index (χ3n) is 5.93. The van der Waals surface area contributed by atoms with Gasteiger partial charge in [-0.2, -0.15) is 13.9 Å². The summed E-state index contributed by atoms with van der Waals surface area (Å²) in [6, 6.07) is 4.77. The van der Waals surface area contributed by atoms with E-state index in [1.165, 1.54) is 24.5 Å². The van der Waals surface area contributed by atoms with Gasteiger partial charge >= 0.3 is 12.7 Å². The largest absolute Gasteiger partial charge is 0.435 e. The number of nitrogens with two attached hydrogens (primary N) is 1. The maximum atomic E-state index is 12.7. The van der Waals surface area contributed by atoms with E-state index in [1.54, 1.807) is 17.8 Å². The number of hydrogen-bond acceptors (Lipinski definition) is 7. The van der Waals surface area contributed by atoms with Crippen LogP contribution in [0.1, 0.15) is 25.7 Å². The minimum Gasteiger partial charge on any atom is -0.435 e. The molecule has 4 N–H and O–H groups in total. The number of fused-ring (bicyclic) bond motifs is 2. The Kier molecular flexibility index (Phi) is 5.74. The highest BCUT2D eigenvalue weighted by Gasteiger charge is 2.22. The third-order valence-corrected chi connectivity index (χ3v) is 5.93. The van der Waals surface area contributed by atoms with E-state index in [0.29, 0.717) is 33.5 Å². The molecule has 5 rings (SSSR count). The number of amides is 1. The topological polar surface area (TPSA) is 133 Å². The van der Waals surface area contributed by atoms with Crippen LogP contribution in [0.3, 0.4) is 0 Å². The van der Waals surface area contributed by atoms with E-state index in [-0.39, 0.29) is 23.6 Å². The van der Waals surface area contributed by atoms with Gasteiger partial charge in [-0.1, -0.05) is 0 Å². The lowest BCUT2D eigenvalue weighted by Gasteiger charge is -2.26. The zero-order valence-corrected chi connectivity index (χ0v) is 18.3. The predicted octanol–water partition coefficient (Wildman–Crippen LogP) is 3.47. The summed E-state index contributed by atoms with van der Waals surface area (Å²) in [5.74, 6) is 0.230. The number of carbonyl (C=O) groups is 1. The lowest BCUT2D eigenvalue weighted by atomic mass is 9.92. The Balaban J connectivity index is 1.43. The molecule has 0 aliphatic heterocycles. The fourth-order valence-corrected chi connectivity index (χ4v) is 4.23. The molecule has 34 heavy (non-hydrogen) atoms. The average molecular weight is 471 g/mol. The summed E-state index contributed by atoms with van der Waals surface area (Å²) in [4.78, 5) is 24.3. The van der Waals surface area contributed by atoms with Crippen LogP contribution in [0.15, 0.2) is 30.6 Å². The second-order valence-corrected chi connectivity index (χ2v) is 8.28. The lowest BCUT2D eigenvalue weighted by Crippen LogP contribution is -2.41. The number of alkyl halides is 2. The zero-order valence-electron chi connectivity index (χ0n) is 18.3. The molecule has 0 bridgehead atoms. The number of benzene rings is 1. The molecule has 1 saturated carbocycles. The first-order valence-electron chi connectivity index (χ1n) is 10.9. The van der Waals surface area contributed by atoms with Crippen LogP contribution in [0.5, 0.6) is 11.5 Å². The number of ether oxygens (including phenoxy) is 2. The number of aromatic amines is 1. The van der Waals surface area contributed by atoms with E-state index in [4.69, 9.17) is 10.5 Å². The minimum absolute atomic E-state index is 0.0109. The molecule has 0 atom stereocenters. The van der Waals surface area contributed by atoms with Gasteiger partial charge in [-0.05, 0) is 43.9 Å². The first kappa shape index (κ1) is 22.0. The van der Waals surface area contributed by atoms with Gasteiger partial charge in [0.05, 0.1) is 11.7 Å². The van der Waals surface area contributed by atoms with Crippen LogP contribution in [-0.2, 0) is 7.05 Å². The van der Waals surface area contributed by atoms with E-state index in [0.717, 1.165) is 25.7 Å². The molecular weight excluding hydrogens is 448 g/mol. The van der Waals surface area contributed by atoms with Gasteiger partial charge in [0.1, 0.15) is 17.1 Å². The Morgan fingerprint density at radius 3 is 2.85 bits per heavy atom. The van der Waals surface area contributed by atoms with Gasteiger partial charge in [0.2, 0.25) is 0 Å². The zero-order chi connectivity index (χ0) is 23.8. The van der Waals surface area contributed by atoms with Gasteiger partial charge < -0.3 is 25.5 Å². The summed E-state index contributed by atoms with van der Waals surface area (Å²) in [6.45, 7) is -2.94. The molecule has 12 heteroatoms. The number of aryl methyl sites for hydroxylation is 1. The smallest absolute Gasteiger partial charge is 0.412 e. The molecule has 3 aromatic heterocycles. The molecule has 0 unspecified atom stereocenters. The summed E-state index contributed by atoms with van der Waals surface area (Å²) in [7, 11) is 1.73. The van der Waals surface area contributed by atoms with Crippen LogP contribution in [0.25, 0.3) is 33.5 Å². The maximum absolute atomic E-state index is 12.7. The number of carbonyl (C=O) groups excluding carboxylic acids is 1. The molecule has 10 nitrogen and oxygen atoms in total. The van der Waals surface area contributed by atoms with Crippen LogP contribution >= 0.6 is 0 Å². The van der Waals surface area contributed by atoms with E-state index >= 15 is 0 Å². The summed E-state index contributed by atoms with van der Waals surface area (Å²) >= 11 is 0. The van der Waals surface area contributed by atoms with Crippen molar-refractivity contribution in [3.05, 3.63) is 30.6 Å². The summed E-state index contributed by atoms with van der Waals surface area (Å²) in [5.41, 5.74) is 8.21. The van der Waals surface area contributed by atoms with E-state index < -0.39 is 12.7 Å². The fourth-order valence-electron chi connectivity index (χ4n) is 4.23. The second-order valence-electron chi connectivity index (χ2n) is 8.28. The Morgan fingerprint density at radius 1 is 1.29 bits per heavy atom. The molecule has 1 fully saturated rings. The lowest BCUT2D eigenvalue weighted by molar-refractivity contribution is -0.0497. The summed E-state index contributed by atoms with van der Waals surface area (Å²) < 4.78 is 37.0. The first-order chi connectivity index (χ1) is 16.4. The number of halogens is 2. The number of nitrogens with one attached hydrogen (secondary N) is 2. The van der Waals surface area contributed by atoms with E-state index in [9.17, 15) is 13.6 Å². The SMILES string of the molecule is Cn1nc(-c2cnc3[nH]cc(OC(=O)NC4CCC(N)CC4)c3n2)c2cc(OC(F)F)ccc21. The molecule has 4 aromatic rings. The quantitative estimate of drug-likeness (QED) is 0.406. The molecule has 1 aliphatic rings. The van der Waals surface area contributed by atoms with Gasteiger partial charge in [-0.25, -0.2) is 14.8 Å². The number of nitrogens with zero attached hydrogens (tertiary/aromatic N) is 4. The van der Waals surface area contributed by atoms with Crippen molar-refractivity contribution in [1.29, 1.82) is 0 Å². The van der Waals surface area contributed by atoms with Crippen molar-refractivity contribution < 1.29 is 23.0 Å². The monoisotopic (exact) mass is 471 g/mol. The van der Waals surface area contributed by atoms with Crippen molar-refractivity contribution in [2.45, 2.75) is 44.4 Å². The molecule has 1 amide bonds. The standard InChI is InChI=1S/C22H23F2N7O3/c1-31-16-7-6-13(33-21(23)24)8-14(16)18(30-31)15-9-26-20-19(29-15)17(10-27-20)34-22(32)28-12-4-2-11(25)3-5-12/h6-12,21H,2-5,25H2,1H3,(H,26,27)(H,28,32). The second kappa shape index (κ2) is 8.86. The summed E-state index contributed by atoms with van der Waals surface area (Å²) in [5, 5.41) is 7.91. The van der Waals surface area contributed by atoms with Crippen molar-refractivity contribution in [1.82, 2.24) is 30.0 Å². The molecule has 1 aliphatic carbocycles. The van der Waals surface area contributed by atoms with Gasteiger partial charge in [-0.3, -0.25) is 4.68 Å². The fraction of sp³-hybridized carbons (Fsp3) is 0.364. The van der Waals surface area contributed by atoms with E-state index in [1.807, 2.05) is 0 Å². The molecule has 1 aromatic carbocycles. The third kappa shape index (κ3) is 4.36. The Bertz CT molecular complexity index is 1350. The maximum Gasteiger partial charge on any atom is 0.412 e. The van der Waals surface area contributed by atoms with Crippen LogP contribution in [0.4, 0.5) is 13.6 Å². The Morgan fingerprint density at radius 2 is 2.09 bits per heavy atom. The van der Waals surface area contributed by atoms with Gasteiger partial charge in [0.15, 0.2) is 16.9 Å². The van der Waals surface area contributed by atoms with E-state index in [2.05, 4.69) is 30.1 Å². The minimum atomic E-state index is -2.94. The van der Waals surface area contributed by atoms with Crippen molar-refractivity contribution in [2.24, 2.45) is 12.8 Å². The average Bonchev–Trinajstić information content (AvgIpc) is 3.35. The van der Waals surface area contributed by atoms with Crippen LogP contribution in [-0.4, -0.2) is 49.5 Å². The molecule has 178 valence electrons. The van der Waals surface area contributed by atoms with Crippen molar-refractivity contribution >= 4 is 28.2 Å². The highest BCUT2D eigenvalue weighted by molar-refractivity contribution is 5.94. The normalized spacial score (nSPS) is 18.5. The number of hydrogen-bond donors (Lipinski definition) is 3.